The van der Waals surface area contributed by atoms with E-state index in [-0.39, 0.29) is 24.3 Å². The Hall–Kier alpha value is -1.40. The standard InChI is InChI=1S/C14H23N3O2S/c1-3-6-15-7-8-16-14(19)10-12(17-11(2)18)13-5-4-9-20-13/h4-5,9,12,15H,3,6-8,10H2,1-2H3,(H,16,19)(H,17,18). The lowest BCUT2D eigenvalue weighted by atomic mass is 10.1. The zero-order chi connectivity index (χ0) is 14.8. The summed E-state index contributed by atoms with van der Waals surface area (Å²) in [6.07, 6.45) is 1.35. The molecule has 0 aromatic carbocycles. The van der Waals surface area contributed by atoms with Gasteiger partial charge in [-0.3, -0.25) is 9.59 Å². The van der Waals surface area contributed by atoms with Crippen LogP contribution in [0.4, 0.5) is 0 Å². The first-order valence-electron chi connectivity index (χ1n) is 6.91. The average molecular weight is 297 g/mol. The highest BCUT2D eigenvalue weighted by Crippen LogP contribution is 2.21. The summed E-state index contributed by atoms with van der Waals surface area (Å²) in [6, 6.07) is 3.61. The highest BCUT2D eigenvalue weighted by atomic mass is 32.1. The van der Waals surface area contributed by atoms with Crippen molar-refractivity contribution in [3.8, 4) is 0 Å². The van der Waals surface area contributed by atoms with Crippen molar-refractivity contribution >= 4 is 23.2 Å². The van der Waals surface area contributed by atoms with Crippen LogP contribution in [-0.4, -0.2) is 31.4 Å². The molecule has 6 heteroatoms. The maximum atomic E-state index is 11.9. The summed E-state index contributed by atoms with van der Waals surface area (Å²) in [5, 5.41) is 10.8. The Morgan fingerprint density at radius 2 is 2.10 bits per heavy atom. The second-order valence-corrected chi connectivity index (χ2v) is 5.55. The van der Waals surface area contributed by atoms with Crippen molar-refractivity contribution < 1.29 is 9.59 Å². The van der Waals surface area contributed by atoms with Crippen LogP contribution in [0.5, 0.6) is 0 Å². The molecular weight excluding hydrogens is 274 g/mol. The van der Waals surface area contributed by atoms with Gasteiger partial charge in [0.2, 0.25) is 11.8 Å². The third-order valence-electron chi connectivity index (χ3n) is 2.70. The van der Waals surface area contributed by atoms with E-state index in [9.17, 15) is 9.59 Å². The van der Waals surface area contributed by atoms with Gasteiger partial charge in [0, 0.05) is 24.9 Å². The van der Waals surface area contributed by atoms with Crippen molar-refractivity contribution in [2.45, 2.75) is 32.7 Å². The van der Waals surface area contributed by atoms with Crippen molar-refractivity contribution in [2.75, 3.05) is 19.6 Å². The van der Waals surface area contributed by atoms with E-state index in [1.54, 1.807) is 11.3 Å². The normalized spacial score (nSPS) is 11.9. The quantitative estimate of drug-likeness (QED) is 0.604. The molecule has 0 bridgehead atoms. The summed E-state index contributed by atoms with van der Waals surface area (Å²) in [7, 11) is 0. The summed E-state index contributed by atoms with van der Waals surface area (Å²) in [5.74, 6) is -0.170. The highest BCUT2D eigenvalue weighted by molar-refractivity contribution is 7.10. The summed E-state index contributed by atoms with van der Waals surface area (Å²) in [5.41, 5.74) is 0. The van der Waals surface area contributed by atoms with E-state index in [1.165, 1.54) is 6.92 Å². The van der Waals surface area contributed by atoms with Crippen LogP contribution in [0, 0.1) is 0 Å². The summed E-state index contributed by atoms with van der Waals surface area (Å²) < 4.78 is 0. The molecule has 1 heterocycles. The van der Waals surface area contributed by atoms with Crippen LogP contribution >= 0.6 is 11.3 Å². The molecule has 0 fully saturated rings. The van der Waals surface area contributed by atoms with Gasteiger partial charge in [-0.05, 0) is 24.4 Å². The maximum Gasteiger partial charge on any atom is 0.222 e. The molecule has 2 amide bonds. The van der Waals surface area contributed by atoms with E-state index < -0.39 is 0 Å². The lowest BCUT2D eigenvalue weighted by Gasteiger charge is -2.16. The lowest BCUT2D eigenvalue weighted by Crippen LogP contribution is -2.35. The molecule has 5 nitrogen and oxygen atoms in total. The van der Waals surface area contributed by atoms with Crippen LogP contribution in [0.15, 0.2) is 17.5 Å². The molecule has 0 saturated heterocycles. The number of hydrogen-bond acceptors (Lipinski definition) is 4. The van der Waals surface area contributed by atoms with Gasteiger partial charge >= 0.3 is 0 Å². The van der Waals surface area contributed by atoms with Gasteiger partial charge in [-0.15, -0.1) is 11.3 Å². The van der Waals surface area contributed by atoms with Crippen molar-refractivity contribution in [1.82, 2.24) is 16.0 Å². The van der Waals surface area contributed by atoms with E-state index in [0.717, 1.165) is 24.4 Å². The van der Waals surface area contributed by atoms with Crippen molar-refractivity contribution in [1.29, 1.82) is 0 Å². The molecule has 1 aromatic heterocycles. The van der Waals surface area contributed by atoms with Crippen LogP contribution in [0.1, 0.15) is 37.6 Å². The average Bonchev–Trinajstić information content (AvgIpc) is 2.91. The lowest BCUT2D eigenvalue weighted by molar-refractivity contribution is -0.122. The topological polar surface area (TPSA) is 70.2 Å². The van der Waals surface area contributed by atoms with E-state index in [1.807, 2.05) is 17.5 Å². The molecule has 0 aliphatic carbocycles. The van der Waals surface area contributed by atoms with Crippen molar-refractivity contribution in [3.05, 3.63) is 22.4 Å². The molecule has 1 rings (SSSR count). The number of rotatable bonds is 9. The van der Waals surface area contributed by atoms with Crippen LogP contribution < -0.4 is 16.0 Å². The van der Waals surface area contributed by atoms with Crippen LogP contribution in [-0.2, 0) is 9.59 Å². The molecule has 1 aromatic rings. The molecule has 112 valence electrons. The van der Waals surface area contributed by atoms with E-state index in [0.29, 0.717) is 6.54 Å². The first-order chi connectivity index (χ1) is 9.63. The first kappa shape index (κ1) is 16.7. The Bertz CT molecular complexity index is 407. The number of amides is 2. The van der Waals surface area contributed by atoms with E-state index in [4.69, 9.17) is 0 Å². The minimum Gasteiger partial charge on any atom is -0.355 e. The number of carbonyl (C=O) groups excluding carboxylic acids is 2. The number of nitrogens with one attached hydrogen (secondary N) is 3. The summed E-state index contributed by atoms with van der Waals surface area (Å²) >= 11 is 1.54. The fourth-order valence-corrected chi connectivity index (χ4v) is 2.59. The molecule has 3 N–H and O–H groups in total. The minimum absolute atomic E-state index is 0.0459. The van der Waals surface area contributed by atoms with Gasteiger partial charge in [0.05, 0.1) is 12.5 Å². The number of hydrogen-bond donors (Lipinski definition) is 3. The molecule has 0 spiro atoms. The largest absolute Gasteiger partial charge is 0.355 e. The van der Waals surface area contributed by atoms with Gasteiger partial charge < -0.3 is 16.0 Å². The number of thiophene rings is 1. The minimum atomic E-state index is -0.240. The Kier molecular flexibility index (Phi) is 7.91. The smallest absolute Gasteiger partial charge is 0.222 e. The molecule has 0 aliphatic heterocycles. The molecular formula is C14H23N3O2S. The Labute approximate surface area is 124 Å². The monoisotopic (exact) mass is 297 g/mol. The molecule has 1 atom stereocenters. The highest BCUT2D eigenvalue weighted by Gasteiger charge is 2.17. The second kappa shape index (κ2) is 9.50. The van der Waals surface area contributed by atoms with Crippen LogP contribution in [0.25, 0.3) is 0 Å². The Morgan fingerprint density at radius 1 is 1.30 bits per heavy atom. The third kappa shape index (κ3) is 6.68. The van der Waals surface area contributed by atoms with Crippen molar-refractivity contribution in [3.63, 3.8) is 0 Å². The first-order valence-corrected chi connectivity index (χ1v) is 7.79. The summed E-state index contributed by atoms with van der Waals surface area (Å²) in [6.45, 7) is 5.90. The van der Waals surface area contributed by atoms with Crippen LogP contribution in [0.3, 0.4) is 0 Å². The van der Waals surface area contributed by atoms with Gasteiger partial charge in [0.15, 0.2) is 0 Å². The molecule has 0 saturated carbocycles. The maximum absolute atomic E-state index is 11.9. The Morgan fingerprint density at radius 3 is 2.70 bits per heavy atom. The van der Waals surface area contributed by atoms with Crippen LogP contribution in [0.2, 0.25) is 0 Å². The SMILES string of the molecule is CCCNCCNC(=O)CC(NC(C)=O)c1cccs1. The van der Waals surface area contributed by atoms with Crippen molar-refractivity contribution in [2.24, 2.45) is 0 Å². The number of carbonyl (C=O) groups is 2. The molecule has 20 heavy (non-hydrogen) atoms. The molecule has 0 radical (unpaired) electrons. The Balaban J connectivity index is 2.37. The van der Waals surface area contributed by atoms with Gasteiger partial charge in [-0.1, -0.05) is 13.0 Å². The third-order valence-corrected chi connectivity index (χ3v) is 3.69. The zero-order valence-electron chi connectivity index (χ0n) is 12.1. The summed E-state index contributed by atoms with van der Waals surface area (Å²) in [4.78, 5) is 24.1. The van der Waals surface area contributed by atoms with Gasteiger partial charge in [0.25, 0.3) is 0 Å². The second-order valence-electron chi connectivity index (χ2n) is 4.57. The fraction of sp³-hybridized carbons (Fsp3) is 0.571. The van der Waals surface area contributed by atoms with Gasteiger partial charge in [-0.2, -0.15) is 0 Å². The van der Waals surface area contributed by atoms with Gasteiger partial charge in [0.1, 0.15) is 0 Å². The van der Waals surface area contributed by atoms with Gasteiger partial charge in [-0.25, -0.2) is 0 Å². The molecule has 1 unspecified atom stereocenters. The molecule has 0 aliphatic rings. The van der Waals surface area contributed by atoms with E-state index >= 15 is 0 Å². The predicted octanol–water partition coefficient (Wildman–Crippen LogP) is 1.43. The zero-order valence-corrected chi connectivity index (χ0v) is 12.9. The van der Waals surface area contributed by atoms with E-state index in [2.05, 4.69) is 22.9 Å². The predicted molar refractivity (Wildman–Crippen MR) is 81.7 cm³/mol. The fourth-order valence-electron chi connectivity index (χ4n) is 1.81.